The highest BCUT2D eigenvalue weighted by Crippen LogP contribution is 2.22. The predicted octanol–water partition coefficient (Wildman–Crippen LogP) is 4.04. The lowest BCUT2D eigenvalue weighted by molar-refractivity contribution is -0.117. The third kappa shape index (κ3) is 6.49. The second-order valence-corrected chi connectivity index (χ2v) is 7.76. The summed E-state index contributed by atoms with van der Waals surface area (Å²) in [5, 5.41) is 2.82. The number of carbonyl (C=O) groups is 2. The summed E-state index contributed by atoms with van der Waals surface area (Å²) in [5.41, 5.74) is 1.09. The number of halogens is 1. The molecule has 0 saturated heterocycles. The summed E-state index contributed by atoms with van der Waals surface area (Å²) in [5.74, 6) is -0.495. The molecule has 0 atom stereocenters. The van der Waals surface area contributed by atoms with E-state index >= 15 is 0 Å². The van der Waals surface area contributed by atoms with Gasteiger partial charge in [0.15, 0.2) is 0 Å². The number of anilines is 1. The first-order valence-corrected chi connectivity index (χ1v) is 9.06. The standard InChI is InChI=1S/C18H21ClN2O3S/c1-12(2)24-18(23)13-4-6-14(7-5-13)20-17(22)11-21(3)10-15-8-9-16(19)25-15/h4-9,12H,10-11H2,1-3H3,(H,20,22). The monoisotopic (exact) mass is 380 g/mol. The van der Waals surface area contributed by atoms with Crippen LogP contribution in [-0.2, 0) is 16.1 Å². The minimum absolute atomic E-state index is 0.123. The van der Waals surface area contributed by atoms with Crippen molar-refractivity contribution in [2.24, 2.45) is 0 Å². The van der Waals surface area contributed by atoms with Crippen LogP contribution >= 0.6 is 22.9 Å². The molecule has 0 saturated carbocycles. The molecule has 0 radical (unpaired) electrons. The zero-order chi connectivity index (χ0) is 18.4. The molecule has 25 heavy (non-hydrogen) atoms. The van der Waals surface area contributed by atoms with Crippen LogP contribution in [0.1, 0.15) is 29.1 Å². The maximum Gasteiger partial charge on any atom is 0.338 e. The fourth-order valence-electron chi connectivity index (χ4n) is 2.18. The van der Waals surface area contributed by atoms with Gasteiger partial charge in [0.05, 0.1) is 22.5 Å². The third-order valence-electron chi connectivity index (χ3n) is 3.22. The predicted molar refractivity (Wildman–Crippen MR) is 101 cm³/mol. The van der Waals surface area contributed by atoms with Crippen molar-refractivity contribution in [1.82, 2.24) is 4.90 Å². The van der Waals surface area contributed by atoms with Crippen LogP contribution < -0.4 is 5.32 Å². The van der Waals surface area contributed by atoms with Crippen molar-refractivity contribution < 1.29 is 14.3 Å². The van der Waals surface area contributed by atoms with Gasteiger partial charge in [0.2, 0.25) is 5.91 Å². The molecule has 1 heterocycles. The van der Waals surface area contributed by atoms with Gasteiger partial charge in [-0.15, -0.1) is 11.3 Å². The SMILES string of the molecule is CC(C)OC(=O)c1ccc(NC(=O)CN(C)Cc2ccc(Cl)s2)cc1. The Balaban J connectivity index is 1.84. The fraction of sp³-hybridized carbons (Fsp3) is 0.333. The number of ether oxygens (including phenoxy) is 1. The van der Waals surface area contributed by atoms with Gasteiger partial charge in [0.25, 0.3) is 0 Å². The average molecular weight is 381 g/mol. The molecule has 2 aromatic rings. The van der Waals surface area contributed by atoms with Gasteiger partial charge < -0.3 is 10.1 Å². The molecule has 0 fully saturated rings. The highest BCUT2D eigenvalue weighted by atomic mass is 35.5. The largest absolute Gasteiger partial charge is 0.459 e. The number of rotatable bonds is 7. The van der Waals surface area contributed by atoms with Crippen molar-refractivity contribution in [1.29, 1.82) is 0 Å². The molecule has 0 spiro atoms. The molecule has 0 aliphatic rings. The van der Waals surface area contributed by atoms with Gasteiger partial charge in [-0.3, -0.25) is 9.69 Å². The lowest BCUT2D eigenvalue weighted by Gasteiger charge is -2.15. The van der Waals surface area contributed by atoms with E-state index in [0.29, 0.717) is 17.8 Å². The number of benzene rings is 1. The van der Waals surface area contributed by atoms with Crippen molar-refractivity contribution in [3.63, 3.8) is 0 Å². The summed E-state index contributed by atoms with van der Waals surface area (Å²) in [7, 11) is 1.87. The van der Waals surface area contributed by atoms with Crippen LogP contribution in [0, 0.1) is 0 Å². The number of hydrogen-bond acceptors (Lipinski definition) is 5. The Morgan fingerprint density at radius 1 is 1.20 bits per heavy atom. The summed E-state index contributed by atoms with van der Waals surface area (Å²) in [6, 6.07) is 10.5. The minimum atomic E-state index is -0.373. The number of nitrogens with zero attached hydrogens (tertiary/aromatic N) is 1. The number of carbonyl (C=O) groups excluding carboxylic acids is 2. The fourth-order valence-corrected chi connectivity index (χ4v) is 3.34. The van der Waals surface area contributed by atoms with Crippen LogP contribution in [0.2, 0.25) is 4.34 Å². The molecular weight excluding hydrogens is 360 g/mol. The topological polar surface area (TPSA) is 58.6 Å². The maximum atomic E-state index is 12.1. The summed E-state index contributed by atoms with van der Waals surface area (Å²) in [4.78, 5) is 26.9. The van der Waals surface area contributed by atoms with E-state index in [0.717, 1.165) is 9.21 Å². The highest BCUT2D eigenvalue weighted by Gasteiger charge is 2.11. The molecule has 1 N–H and O–H groups in total. The van der Waals surface area contributed by atoms with Gasteiger partial charge in [-0.2, -0.15) is 0 Å². The summed E-state index contributed by atoms with van der Waals surface area (Å²) >= 11 is 7.41. The van der Waals surface area contributed by atoms with E-state index < -0.39 is 0 Å². The normalized spacial score (nSPS) is 11.0. The van der Waals surface area contributed by atoms with E-state index in [4.69, 9.17) is 16.3 Å². The molecule has 1 aromatic heterocycles. The molecular formula is C18H21ClN2O3S. The third-order valence-corrected chi connectivity index (χ3v) is 4.43. The maximum absolute atomic E-state index is 12.1. The summed E-state index contributed by atoms with van der Waals surface area (Å²) in [6.45, 7) is 4.51. The second kappa shape index (κ2) is 8.99. The van der Waals surface area contributed by atoms with E-state index in [1.807, 2.05) is 24.1 Å². The van der Waals surface area contributed by atoms with E-state index in [1.165, 1.54) is 11.3 Å². The van der Waals surface area contributed by atoms with Crippen molar-refractivity contribution in [3.05, 3.63) is 51.2 Å². The van der Waals surface area contributed by atoms with Crippen LogP contribution in [0.3, 0.4) is 0 Å². The van der Waals surface area contributed by atoms with Crippen LogP contribution in [0.5, 0.6) is 0 Å². The summed E-state index contributed by atoms with van der Waals surface area (Å²) in [6.07, 6.45) is -0.166. The lowest BCUT2D eigenvalue weighted by Crippen LogP contribution is -2.29. The zero-order valence-corrected chi connectivity index (χ0v) is 16.0. The van der Waals surface area contributed by atoms with Crippen molar-refractivity contribution in [3.8, 4) is 0 Å². The smallest absolute Gasteiger partial charge is 0.338 e. The van der Waals surface area contributed by atoms with Crippen molar-refractivity contribution in [2.75, 3.05) is 18.9 Å². The molecule has 1 amide bonds. The minimum Gasteiger partial charge on any atom is -0.459 e. The molecule has 2 rings (SSSR count). The van der Waals surface area contributed by atoms with Gasteiger partial charge in [0.1, 0.15) is 0 Å². The molecule has 0 unspecified atom stereocenters. The van der Waals surface area contributed by atoms with Crippen molar-refractivity contribution in [2.45, 2.75) is 26.5 Å². The average Bonchev–Trinajstić information content (AvgIpc) is 2.91. The van der Waals surface area contributed by atoms with Crippen LogP contribution in [0.25, 0.3) is 0 Å². The van der Waals surface area contributed by atoms with E-state index in [9.17, 15) is 9.59 Å². The molecule has 0 bridgehead atoms. The Hall–Kier alpha value is -1.89. The first kappa shape index (κ1) is 19.4. The Morgan fingerprint density at radius 2 is 1.88 bits per heavy atom. The van der Waals surface area contributed by atoms with Crippen molar-refractivity contribution >= 4 is 40.5 Å². The zero-order valence-electron chi connectivity index (χ0n) is 14.4. The number of hydrogen-bond donors (Lipinski definition) is 1. The van der Waals surface area contributed by atoms with Crippen LogP contribution in [-0.4, -0.2) is 36.5 Å². The lowest BCUT2D eigenvalue weighted by atomic mass is 10.2. The number of nitrogens with one attached hydrogen (secondary N) is 1. The summed E-state index contributed by atoms with van der Waals surface area (Å²) < 4.78 is 5.87. The number of amides is 1. The molecule has 0 aliphatic heterocycles. The number of esters is 1. The Bertz CT molecular complexity index is 728. The van der Waals surface area contributed by atoms with Crippen LogP contribution in [0.15, 0.2) is 36.4 Å². The van der Waals surface area contributed by atoms with E-state index in [1.54, 1.807) is 38.1 Å². The first-order valence-electron chi connectivity index (χ1n) is 7.87. The Morgan fingerprint density at radius 3 is 2.44 bits per heavy atom. The molecule has 1 aromatic carbocycles. The molecule has 0 aliphatic carbocycles. The van der Waals surface area contributed by atoms with Gasteiger partial charge in [-0.1, -0.05) is 11.6 Å². The van der Waals surface area contributed by atoms with Gasteiger partial charge in [-0.25, -0.2) is 4.79 Å². The van der Waals surface area contributed by atoms with Crippen LogP contribution in [0.4, 0.5) is 5.69 Å². The van der Waals surface area contributed by atoms with E-state index in [-0.39, 0.29) is 24.5 Å². The molecule has 134 valence electrons. The molecule has 7 heteroatoms. The number of likely N-dealkylation sites (N-methyl/N-ethyl adjacent to an activating group) is 1. The number of thiophene rings is 1. The van der Waals surface area contributed by atoms with Gasteiger partial charge in [0, 0.05) is 17.1 Å². The quantitative estimate of drug-likeness (QED) is 0.736. The Kier molecular flexibility index (Phi) is 6.99. The van der Waals surface area contributed by atoms with Gasteiger partial charge >= 0.3 is 5.97 Å². The highest BCUT2D eigenvalue weighted by molar-refractivity contribution is 7.16. The van der Waals surface area contributed by atoms with Gasteiger partial charge in [-0.05, 0) is 57.3 Å². The van der Waals surface area contributed by atoms with E-state index in [2.05, 4.69) is 5.32 Å². The Labute approximate surface area is 156 Å². The first-order chi connectivity index (χ1) is 11.8. The molecule has 5 nitrogen and oxygen atoms in total. The second-order valence-electron chi connectivity index (χ2n) is 5.96.